The van der Waals surface area contributed by atoms with Crippen LogP contribution in [0.15, 0.2) is 72.1 Å². The van der Waals surface area contributed by atoms with E-state index in [0.29, 0.717) is 34.4 Å². The van der Waals surface area contributed by atoms with E-state index in [1.165, 1.54) is 12.1 Å². The summed E-state index contributed by atoms with van der Waals surface area (Å²) in [5.74, 6) is 1.23. The lowest BCUT2D eigenvalue weighted by Gasteiger charge is -2.12. The number of halogens is 1. The summed E-state index contributed by atoms with van der Waals surface area (Å²) in [5, 5.41) is 3.17. The minimum Gasteiger partial charge on any atom is -0.340 e. The summed E-state index contributed by atoms with van der Waals surface area (Å²) < 4.78 is 43.0. The van der Waals surface area contributed by atoms with Crippen molar-refractivity contribution >= 4 is 27.2 Å². The van der Waals surface area contributed by atoms with Gasteiger partial charge in [-0.3, -0.25) is 9.29 Å². The van der Waals surface area contributed by atoms with Gasteiger partial charge in [0.15, 0.2) is 0 Å². The zero-order valence-electron chi connectivity index (χ0n) is 16.7. The van der Waals surface area contributed by atoms with E-state index in [1.54, 1.807) is 67.5 Å². The SMILES string of the molecule is Cc1nc(Nc2ccc(NS(=O)(=O)c3cc(F)ccc3C)cc2)cc(-n2ccnc2)n1. The third-order valence-corrected chi connectivity index (χ3v) is 5.97. The molecule has 0 bridgehead atoms. The molecule has 10 heteroatoms. The Morgan fingerprint density at radius 1 is 0.968 bits per heavy atom. The average Bonchev–Trinajstić information content (AvgIpc) is 3.26. The second-order valence-electron chi connectivity index (χ2n) is 6.85. The van der Waals surface area contributed by atoms with Gasteiger partial charge in [-0.1, -0.05) is 6.07 Å². The van der Waals surface area contributed by atoms with E-state index in [2.05, 4.69) is 25.0 Å². The van der Waals surface area contributed by atoms with Crippen molar-refractivity contribution in [3.63, 3.8) is 0 Å². The van der Waals surface area contributed by atoms with Crippen LogP contribution in [0.25, 0.3) is 5.82 Å². The van der Waals surface area contributed by atoms with Gasteiger partial charge >= 0.3 is 0 Å². The predicted molar refractivity (Wildman–Crippen MR) is 116 cm³/mol. The van der Waals surface area contributed by atoms with Crippen molar-refractivity contribution in [2.24, 2.45) is 0 Å². The summed E-state index contributed by atoms with van der Waals surface area (Å²) >= 11 is 0. The Balaban J connectivity index is 1.52. The number of imidazole rings is 1. The number of hydrogen-bond donors (Lipinski definition) is 2. The lowest BCUT2D eigenvalue weighted by Crippen LogP contribution is -2.14. The lowest BCUT2D eigenvalue weighted by molar-refractivity contribution is 0.594. The van der Waals surface area contributed by atoms with Gasteiger partial charge in [-0.25, -0.2) is 27.8 Å². The Morgan fingerprint density at radius 2 is 1.71 bits per heavy atom. The van der Waals surface area contributed by atoms with Crippen molar-refractivity contribution in [2.75, 3.05) is 10.0 Å². The number of sulfonamides is 1. The highest BCUT2D eigenvalue weighted by molar-refractivity contribution is 7.92. The maximum absolute atomic E-state index is 13.5. The van der Waals surface area contributed by atoms with Crippen LogP contribution in [0.2, 0.25) is 0 Å². The van der Waals surface area contributed by atoms with Gasteiger partial charge in [0.05, 0.1) is 4.90 Å². The average molecular weight is 438 g/mol. The maximum atomic E-state index is 13.5. The first kappa shape index (κ1) is 20.5. The van der Waals surface area contributed by atoms with Crippen LogP contribution in [0.5, 0.6) is 0 Å². The van der Waals surface area contributed by atoms with Gasteiger partial charge in [-0.05, 0) is 55.8 Å². The molecule has 2 heterocycles. The Labute approximate surface area is 178 Å². The topological polar surface area (TPSA) is 102 Å². The molecule has 0 amide bonds. The predicted octanol–water partition coefficient (Wildman–Crippen LogP) is 3.96. The van der Waals surface area contributed by atoms with Crippen molar-refractivity contribution in [3.8, 4) is 5.82 Å². The third kappa shape index (κ3) is 4.69. The van der Waals surface area contributed by atoms with Gasteiger partial charge in [0, 0.05) is 29.8 Å². The van der Waals surface area contributed by atoms with E-state index < -0.39 is 15.8 Å². The number of anilines is 3. The summed E-state index contributed by atoms with van der Waals surface area (Å²) in [6.45, 7) is 3.40. The molecule has 8 nitrogen and oxygen atoms in total. The molecular weight excluding hydrogens is 419 g/mol. The quantitative estimate of drug-likeness (QED) is 0.472. The van der Waals surface area contributed by atoms with Crippen molar-refractivity contribution in [1.82, 2.24) is 19.5 Å². The summed E-state index contributed by atoms with van der Waals surface area (Å²) in [5.41, 5.74) is 1.52. The number of aromatic nitrogens is 4. The second kappa shape index (κ2) is 8.15. The number of rotatable bonds is 6. The fourth-order valence-electron chi connectivity index (χ4n) is 2.99. The largest absolute Gasteiger partial charge is 0.340 e. The Morgan fingerprint density at radius 3 is 2.42 bits per heavy atom. The Kier molecular flexibility index (Phi) is 5.38. The van der Waals surface area contributed by atoms with Crippen LogP contribution >= 0.6 is 0 Å². The van der Waals surface area contributed by atoms with Crippen LogP contribution in [-0.2, 0) is 10.0 Å². The standard InChI is InChI=1S/C21H19FN6O2S/c1-14-3-4-16(22)11-19(14)31(29,30)27-18-7-5-17(6-8-18)26-20-12-21(25-15(2)24-20)28-10-9-23-13-28/h3-13,27H,1-2H3,(H,24,25,26). The molecule has 0 radical (unpaired) electrons. The van der Waals surface area contributed by atoms with Gasteiger partial charge in [0.1, 0.15) is 29.6 Å². The van der Waals surface area contributed by atoms with Gasteiger partial charge in [0.25, 0.3) is 10.0 Å². The van der Waals surface area contributed by atoms with E-state index in [-0.39, 0.29) is 4.90 Å². The molecule has 2 aromatic carbocycles. The molecule has 2 N–H and O–H groups in total. The molecule has 0 spiro atoms. The van der Waals surface area contributed by atoms with Crippen LogP contribution in [0, 0.1) is 19.7 Å². The molecule has 158 valence electrons. The van der Waals surface area contributed by atoms with Crippen LogP contribution in [0.4, 0.5) is 21.6 Å². The zero-order chi connectivity index (χ0) is 22.0. The van der Waals surface area contributed by atoms with Gasteiger partial charge in [-0.2, -0.15) is 0 Å². The van der Waals surface area contributed by atoms with Gasteiger partial charge < -0.3 is 5.32 Å². The van der Waals surface area contributed by atoms with Gasteiger partial charge in [-0.15, -0.1) is 0 Å². The van der Waals surface area contributed by atoms with Crippen molar-refractivity contribution < 1.29 is 12.8 Å². The minimum atomic E-state index is -3.91. The lowest BCUT2D eigenvalue weighted by atomic mass is 10.2. The van der Waals surface area contributed by atoms with E-state index >= 15 is 0 Å². The molecule has 4 aromatic rings. The van der Waals surface area contributed by atoms with E-state index in [0.717, 1.165) is 6.07 Å². The molecule has 0 saturated carbocycles. The van der Waals surface area contributed by atoms with E-state index in [4.69, 9.17) is 0 Å². The molecule has 0 fully saturated rings. The molecule has 0 aliphatic rings. The number of benzene rings is 2. The number of nitrogens with one attached hydrogen (secondary N) is 2. The number of nitrogens with zero attached hydrogens (tertiary/aromatic N) is 4. The monoisotopic (exact) mass is 438 g/mol. The van der Waals surface area contributed by atoms with Crippen LogP contribution in [0.1, 0.15) is 11.4 Å². The molecule has 31 heavy (non-hydrogen) atoms. The van der Waals surface area contributed by atoms with Crippen LogP contribution in [0.3, 0.4) is 0 Å². The summed E-state index contributed by atoms with van der Waals surface area (Å²) in [7, 11) is -3.91. The summed E-state index contributed by atoms with van der Waals surface area (Å²) in [4.78, 5) is 12.7. The minimum absolute atomic E-state index is 0.0989. The first-order valence-electron chi connectivity index (χ1n) is 9.30. The third-order valence-electron chi connectivity index (χ3n) is 4.44. The van der Waals surface area contributed by atoms with Crippen molar-refractivity contribution in [2.45, 2.75) is 18.7 Å². The molecule has 0 aliphatic heterocycles. The summed E-state index contributed by atoms with van der Waals surface area (Å²) in [6, 6.07) is 12.1. The van der Waals surface area contributed by atoms with Crippen molar-refractivity contribution in [1.29, 1.82) is 0 Å². The van der Waals surface area contributed by atoms with Crippen LogP contribution in [-0.4, -0.2) is 27.9 Å². The highest BCUT2D eigenvalue weighted by Gasteiger charge is 2.18. The maximum Gasteiger partial charge on any atom is 0.262 e. The first-order chi connectivity index (χ1) is 14.8. The molecule has 0 aliphatic carbocycles. The molecule has 4 rings (SSSR count). The Hall–Kier alpha value is -3.79. The summed E-state index contributed by atoms with van der Waals surface area (Å²) in [6.07, 6.45) is 5.09. The van der Waals surface area contributed by atoms with Crippen molar-refractivity contribution in [3.05, 3.63) is 84.5 Å². The molecule has 0 unspecified atom stereocenters. The van der Waals surface area contributed by atoms with Gasteiger partial charge in [0.2, 0.25) is 0 Å². The fourth-order valence-corrected chi connectivity index (χ4v) is 4.30. The first-order valence-corrected chi connectivity index (χ1v) is 10.8. The second-order valence-corrected chi connectivity index (χ2v) is 8.50. The highest BCUT2D eigenvalue weighted by atomic mass is 32.2. The zero-order valence-corrected chi connectivity index (χ0v) is 17.6. The van der Waals surface area contributed by atoms with E-state index in [9.17, 15) is 12.8 Å². The molecule has 0 atom stereocenters. The van der Waals surface area contributed by atoms with Crippen LogP contribution < -0.4 is 10.0 Å². The van der Waals surface area contributed by atoms with E-state index in [1.807, 2.05) is 0 Å². The fraction of sp³-hybridized carbons (Fsp3) is 0.0952. The smallest absolute Gasteiger partial charge is 0.262 e. The normalized spacial score (nSPS) is 11.3. The Bertz CT molecular complexity index is 1320. The number of hydrogen-bond acceptors (Lipinski definition) is 6. The highest BCUT2D eigenvalue weighted by Crippen LogP contribution is 2.23. The molecular formula is C21H19FN6O2S. The number of aryl methyl sites for hydroxylation is 2. The molecule has 2 aromatic heterocycles. The molecule has 0 saturated heterocycles.